The molecule has 0 amide bonds. The summed E-state index contributed by atoms with van der Waals surface area (Å²) in [5, 5.41) is 2.91. The van der Waals surface area contributed by atoms with Crippen molar-refractivity contribution in [1.82, 2.24) is 15.3 Å². The van der Waals surface area contributed by atoms with Crippen LogP contribution in [0.15, 0.2) is 6.20 Å². The number of hydrogen-bond donors (Lipinski definition) is 2. The quantitative estimate of drug-likeness (QED) is 0.621. The molecule has 0 saturated carbocycles. The van der Waals surface area contributed by atoms with Crippen LogP contribution in [0.1, 0.15) is 16.3 Å². The number of carbonyl (C=O) groups excluding carboxylic acids is 1. The zero-order valence-electron chi connectivity index (χ0n) is 7.05. The molecule has 1 aromatic rings. The zero-order chi connectivity index (χ0) is 8.97. The van der Waals surface area contributed by atoms with Crippen LogP contribution in [0, 0.1) is 0 Å². The number of H-pyrrole nitrogens is 1. The van der Waals surface area contributed by atoms with Crippen molar-refractivity contribution in [3.05, 3.63) is 17.7 Å². The summed E-state index contributed by atoms with van der Waals surface area (Å²) >= 11 is 0. The van der Waals surface area contributed by atoms with Gasteiger partial charge in [-0.1, -0.05) is 0 Å². The van der Waals surface area contributed by atoms with Crippen molar-refractivity contribution < 1.29 is 9.53 Å². The summed E-state index contributed by atoms with van der Waals surface area (Å²) < 4.78 is 4.50. The zero-order valence-corrected chi connectivity index (χ0v) is 7.05. The van der Waals surface area contributed by atoms with Crippen LogP contribution in [0.25, 0.3) is 0 Å². The van der Waals surface area contributed by atoms with Gasteiger partial charge in [-0.2, -0.15) is 0 Å². The second-order valence-electron chi connectivity index (χ2n) is 2.27. The van der Waals surface area contributed by atoms with Gasteiger partial charge in [0.1, 0.15) is 11.5 Å². The van der Waals surface area contributed by atoms with Gasteiger partial charge in [0, 0.05) is 0 Å². The lowest BCUT2D eigenvalue weighted by Crippen LogP contribution is -2.07. The second-order valence-corrected chi connectivity index (χ2v) is 2.27. The number of esters is 1. The molecule has 5 heteroatoms. The van der Waals surface area contributed by atoms with Gasteiger partial charge < -0.3 is 15.0 Å². The molecular weight excluding hydrogens is 158 g/mol. The first-order valence-electron chi connectivity index (χ1n) is 3.54. The molecule has 0 aliphatic heterocycles. The topological polar surface area (TPSA) is 67.0 Å². The van der Waals surface area contributed by atoms with Crippen molar-refractivity contribution in [2.75, 3.05) is 14.2 Å². The van der Waals surface area contributed by atoms with E-state index in [-0.39, 0.29) is 0 Å². The molecule has 2 N–H and O–H groups in total. The molecule has 0 saturated heterocycles. The van der Waals surface area contributed by atoms with Crippen LogP contribution in [0.2, 0.25) is 0 Å². The minimum Gasteiger partial charge on any atom is -0.464 e. The maximum absolute atomic E-state index is 10.9. The number of aromatic amines is 1. The Morgan fingerprint density at radius 2 is 2.58 bits per heavy atom. The van der Waals surface area contributed by atoms with Crippen molar-refractivity contribution >= 4 is 5.97 Å². The van der Waals surface area contributed by atoms with Gasteiger partial charge in [-0.15, -0.1) is 0 Å². The van der Waals surface area contributed by atoms with Crippen LogP contribution in [-0.2, 0) is 11.3 Å². The third-order valence-corrected chi connectivity index (χ3v) is 1.38. The van der Waals surface area contributed by atoms with Crippen molar-refractivity contribution in [2.45, 2.75) is 6.54 Å². The lowest BCUT2D eigenvalue weighted by atomic mass is 10.5. The molecule has 12 heavy (non-hydrogen) atoms. The summed E-state index contributed by atoms with van der Waals surface area (Å²) in [6.45, 7) is 0.608. The normalized spacial score (nSPS) is 9.83. The van der Waals surface area contributed by atoms with Gasteiger partial charge in [-0.3, -0.25) is 0 Å². The molecule has 5 nitrogen and oxygen atoms in total. The number of imidazole rings is 1. The van der Waals surface area contributed by atoms with Crippen molar-refractivity contribution in [2.24, 2.45) is 0 Å². The van der Waals surface area contributed by atoms with Crippen LogP contribution in [0.3, 0.4) is 0 Å². The smallest absolute Gasteiger partial charge is 0.356 e. The highest BCUT2D eigenvalue weighted by Crippen LogP contribution is 1.97. The predicted octanol–water partition coefficient (Wildman–Crippen LogP) is -0.0843. The molecule has 1 rings (SSSR count). The van der Waals surface area contributed by atoms with E-state index >= 15 is 0 Å². The molecule has 0 atom stereocenters. The Morgan fingerprint density at radius 1 is 1.83 bits per heavy atom. The maximum Gasteiger partial charge on any atom is 0.356 e. The van der Waals surface area contributed by atoms with Gasteiger partial charge in [-0.25, -0.2) is 9.78 Å². The van der Waals surface area contributed by atoms with Crippen LogP contribution in [-0.4, -0.2) is 30.1 Å². The molecule has 0 bridgehead atoms. The van der Waals surface area contributed by atoms with Crippen LogP contribution < -0.4 is 5.32 Å². The van der Waals surface area contributed by atoms with E-state index in [1.807, 2.05) is 0 Å². The molecule has 0 aliphatic rings. The first-order valence-corrected chi connectivity index (χ1v) is 3.54. The third-order valence-electron chi connectivity index (χ3n) is 1.38. The number of nitrogens with zero attached hydrogens (tertiary/aromatic N) is 1. The van der Waals surface area contributed by atoms with Gasteiger partial charge in [0.15, 0.2) is 0 Å². The Balaban J connectivity index is 2.70. The Kier molecular flexibility index (Phi) is 2.82. The van der Waals surface area contributed by atoms with E-state index in [9.17, 15) is 4.79 Å². The number of nitrogens with one attached hydrogen (secondary N) is 2. The predicted molar refractivity (Wildman–Crippen MR) is 42.7 cm³/mol. The summed E-state index contributed by atoms with van der Waals surface area (Å²) in [6, 6.07) is 0. The fraction of sp³-hybridized carbons (Fsp3) is 0.429. The first-order chi connectivity index (χ1) is 5.77. The minimum atomic E-state index is -0.398. The number of carbonyl (C=O) groups is 1. The molecule has 0 aromatic carbocycles. The number of aromatic nitrogens is 2. The second kappa shape index (κ2) is 3.87. The summed E-state index contributed by atoms with van der Waals surface area (Å²) in [5.41, 5.74) is 0.378. The fourth-order valence-electron chi connectivity index (χ4n) is 0.833. The van der Waals surface area contributed by atoms with Gasteiger partial charge in [0.2, 0.25) is 0 Å². The van der Waals surface area contributed by atoms with E-state index in [1.54, 1.807) is 7.05 Å². The van der Waals surface area contributed by atoms with Gasteiger partial charge in [0.05, 0.1) is 19.9 Å². The highest BCUT2D eigenvalue weighted by atomic mass is 16.5. The number of methoxy groups -OCH3 is 1. The average Bonchev–Trinajstić information content (AvgIpc) is 2.52. The number of rotatable bonds is 3. The van der Waals surface area contributed by atoms with Gasteiger partial charge in [-0.05, 0) is 7.05 Å². The van der Waals surface area contributed by atoms with E-state index in [0.29, 0.717) is 12.2 Å². The van der Waals surface area contributed by atoms with E-state index in [4.69, 9.17) is 0 Å². The van der Waals surface area contributed by atoms with Gasteiger partial charge >= 0.3 is 5.97 Å². The Labute approximate surface area is 70.1 Å². The molecular formula is C7H11N3O2. The van der Waals surface area contributed by atoms with Gasteiger partial charge in [0.25, 0.3) is 0 Å². The lowest BCUT2D eigenvalue weighted by Gasteiger charge is -1.93. The van der Waals surface area contributed by atoms with E-state index in [2.05, 4.69) is 20.0 Å². The summed E-state index contributed by atoms with van der Waals surface area (Å²) in [7, 11) is 3.14. The van der Waals surface area contributed by atoms with Crippen LogP contribution >= 0.6 is 0 Å². The number of hydrogen-bond acceptors (Lipinski definition) is 4. The maximum atomic E-state index is 10.9. The summed E-state index contributed by atoms with van der Waals surface area (Å²) in [4.78, 5) is 17.7. The van der Waals surface area contributed by atoms with Crippen molar-refractivity contribution in [1.29, 1.82) is 0 Å². The molecule has 66 valence electrons. The fourth-order valence-corrected chi connectivity index (χ4v) is 0.833. The lowest BCUT2D eigenvalue weighted by molar-refractivity contribution is 0.0594. The molecule has 0 radical (unpaired) electrons. The molecule has 0 aliphatic carbocycles. The Hall–Kier alpha value is -1.36. The Morgan fingerprint density at radius 3 is 3.17 bits per heavy atom. The molecule has 0 fully saturated rings. The van der Waals surface area contributed by atoms with E-state index in [0.717, 1.165) is 5.82 Å². The minimum absolute atomic E-state index is 0.378. The summed E-state index contributed by atoms with van der Waals surface area (Å²) in [6.07, 6.45) is 1.46. The highest BCUT2D eigenvalue weighted by molar-refractivity contribution is 5.86. The van der Waals surface area contributed by atoms with Crippen LogP contribution in [0.5, 0.6) is 0 Å². The molecule has 1 heterocycles. The summed E-state index contributed by atoms with van der Waals surface area (Å²) in [5.74, 6) is 0.322. The monoisotopic (exact) mass is 169 g/mol. The first kappa shape index (κ1) is 8.73. The van der Waals surface area contributed by atoms with E-state index in [1.165, 1.54) is 13.3 Å². The Bertz CT molecular complexity index is 269. The largest absolute Gasteiger partial charge is 0.464 e. The average molecular weight is 169 g/mol. The third kappa shape index (κ3) is 1.82. The number of ether oxygens (including phenoxy) is 1. The van der Waals surface area contributed by atoms with Crippen LogP contribution in [0.4, 0.5) is 0 Å². The van der Waals surface area contributed by atoms with Crippen molar-refractivity contribution in [3.8, 4) is 0 Å². The highest BCUT2D eigenvalue weighted by Gasteiger charge is 2.07. The van der Waals surface area contributed by atoms with Crippen molar-refractivity contribution in [3.63, 3.8) is 0 Å². The standard InChI is InChI=1S/C7H11N3O2/c1-8-4-6-9-3-5(10-6)7(11)12-2/h3,8H,4H2,1-2H3,(H,9,10). The van der Waals surface area contributed by atoms with E-state index < -0.39 is 5.97 Å². The molecule has 0 spiro atoms. The molecule has 0 unspecified atom stereocenters. The molecule has 1 aromatic heterocycles. The SMILES string of the molecule is CNCc1ncc(C(=O)OC)[nH]1.